The van der Waals surface area contributed by atoms with Gasteiger partial charge in [-0.15, -0.1) is 0 Å². The Morgan fingerprint density at radius 2 is 1.45 bits per heavy atom. The number of rotatable bonds is 11. The van der Waals surface area contributed by atoms with E-state index in [-0.39, 0.29) is 30.5 Å². The second-order valence-electron chi connectivity index (χ2n) is 10.6. The van der Waals surface area contributed by atoms with Gasteiger partial charge in [-0.2, -0.15) is 0 Å². The molecule has 222 valence electrons. The van der Waals surface area contributed by atoms with Crippen LogP contribution in [0.4, 0.5) is 0 Å². The summed E-state index contributed by atoms with van der Waals surface area (Å²) in [5.74, 6) is 0. The predicted molar refractivity (Wildman–Crippen MR) is 154 cm³/mol. The molecule has 0 amide bonds. The van der Waals surface area contributed by atoms with Gasteiger partial charge in [0.2, 0.25) is 0 Å². The minimum Gasteiger partial charge on any atom is -0.374 e. The largest absolute Gasteiger partial charge is 0.374 e. The fourth-order valence-corrected chi connectivity index (χ4v) is 5.43. The van der Waals surface area contributed by atoms with Gasteiger partial charge in [-0.25, -0.2) is 0 Å². The third-order valence-electron chi connectivity index (χ3n) is 7.63. The average molecular weight is 575 g/mol. The SMILES string of the molecule is CO[C@@H]1C[C@@H](O[C@@H]2C=C[C@H](OCc3ccccc3)[C@@H](COCc3ccccc3)O2)[C@@H]2OC(c3ccccc3)OC[C@H]2O1. The van der Waals surface area contributed by atoms with E-state index in [1.807, 2.05) is 103 Å². The highest BCUT2D eigenvalue weighted by molar-refractivity contribution is 5.17. The minimum absolute atomic E-state index is 0.295. The summed E-state index contributed by atoms with van der Waals surface area (Å²) in [6.07, 6.45) is 1.18. The summed E-state index contributed by atoms with van der Waals surface area (Å²) < 4.78 is 49.5. The fourth-order valence-electron chi connectivity index (χ4n) is 5.43. The Bertz CT molecular complexity index is 1240. The molecule has 1 unspecified atom stereocenters. The van der Waals surface area contributed by atoms with Gasteiger partial charge in [0.05, 0.1) is 32.5 Å². The molecule has 2 fully saturated rings. The first-order valence-electron chi connectivity index (χ1n) is 14.5. The third kappa shape index (κ3) is 7.53. The maximum absolute atomic E-state index is 6.56. The van der Waals surface area contributed by atoms with Crippen LogP contribution in [0.2, 0.25) is 0 Å². The van der Waals surface area contributed by atoms with Gasteiger partial charge in [0, 0.05) is 19.1 Å². The Labute approximate surface area is 247 Å². The van der Waals surface area contributed by atoms with E-state index in [1.54, 1.807) is 7.11 Å². The van der Waals surface area contributed by atoms with Gasteiger partial charge in [-0.1, -0.05) is 97.1 Å². The van der Waals surface area contributed by atoms with Crippen LogP contribution in [0.5, 0.6) is 0 Å². The Morgan fingerprint density at radius 3 is 2.17 bits per heavy atom. The van der Waals surface area contributed by atoms with Crippen molar-refractivity contribution < 1.29 is 37.9 Å². The summed E-state index contributed by atoms with van der Waals surface area (Å²) in [7, 11) is 1.63. The number of ether oxygens (including phenoxy) is 8. The summed E-state index contributed by atoms with van der Waals surface area (Å²) in [5.41, 5.74) is 3.14. The van der Waals surface area contributed by atoms with Crippen molar-refractivity contribution in [2.45, 2.75) is 69.0 Å². The molecule has 2 saturated heterocycles. The van der Waals surface area contributed by atoms with E-state index in [9.17, 15) is 0 Å². The Morgan fingerprint density at radius 1 is 0.762 bits per heavy atom. The molecule has 3 heterocycles. The molecule has 0 saturated carbocycles. The predicted octanol–water partition coefficient (Wildman–Crippen LogP) is 5.33. The second kappa shape index (κ2) is 14.5. The van der Waals surface area contributed by atoms with Gasteiger partial charge in [0.15, 0.2) is 18.9 Å². The van der Waals surface area contributed by atoms with Gasteiger partial charge < -0.3 is 37.9 Å². The maximum Gasteiger partial charge on any atom is 0.184 e. The molecule has 3 aliphatic heterocycles. The number of hydrogen-bond donors (Lipinski definition) is 0. The number of fused-ring (bicyclic) bond motifs is 1. The summed E-state index contributed by atoms with van der Waals surface area (Å²) in [4.78, 5) is 0. The fraction of sp³-hybridized carbons (Fsp3) is 0.412. The van der Waals surface area contributed by atoms with E-state index in [4.69, 9.17) is 37.9 Å². The first kappa shape index (κ1) is 29.2. The Kier molecular flexibility index (Phi) is 10.1. The molecule has 0 radical (unpaired) electrons. The zero-order valence-corrected chi connectivity index (χ0v) is 23.7. The van der Waals surface area contributed by atoms with Crippen LogP contribution in [-0.2, 0) is 51.1 Å². The normalized spacial score (nSPS) is 31.0. The molecule has 0 bridgehead atoms. The van der Waals surface area contributed by atoms with Crippen molar-refractivity contribution in [3.05, 3.63) is 120 Å². The molecule has 3 aromatic rings. The van der Waals surface area contributed by atoms with Crippen LogP contribution >= 0.6 is 0 Å². The lowest BCUT2D eigenvalue weighted by atomic mass is 9.99. The standard InChI is InChI=1S/C34H38O8/c1-35-32-19-28(33-30(41-32)23-38-34(42-33)26-15-9-4-10-16-26)39-31-18-17-27(37-21-25-13-7-3-8-14-25)29(40-31)22-36-20-24-11-5-2-6-12-24/h2-18,27-34H,19-23H2,1H3/t27-,28+,29+,30+,31-,32-,33-,34?/m0/s1. The Hall–Kier alpha value is -2.92. The van der Waals surface area contributed by atoms with E-state index in [2.05, 4.69) is 0 Å². The molecule has 0 aliphatic carbocycles. The topological polar surface area (TPSA) is 73.8 Å². The van der Waals surface area contributed by atoms with Crippen molar-refractivity contribution in [3.63, 3.8) is 0 Å². The number of methoxy groups -OCH3 is 1. The molecular weight excluding hydrogens is 536 g/mol. The van der Waals surface area contributed by atoms with E-state index in [0.29, 0.717) is 32.8 Å². The van der Waals surface area contributed by atoms with Gasteiger partial charge in [0.25, 0.3) is 0 Å². The lowest BCUT2D eigenvalue weighted by Crippen LogP contribution is -2.57. The van der Waals surface area contributed by atoms with Crippen molar-refractivity contribution in [1.82, 2.24) is 0 Å². The van der Waals surface area contributed by atoms with Crippen LogP contribution in [0.1, 0.15) is 29.4 Å². The molecular formula is C34H38O8. The molecule has 6 rings (SSSR count). The van der Waals surface area contributed by atoms with Crippen LogP contribution in [0.25, 0.3) is 0 Å². The molecule has 8 nitrogen and oxygen atoms in total. The van der Waals surface area contributed by atoms with Crippen LogP contribution in [0.15, 0.2) is 103 Å². The molecule has 0 aromatic heterocycles. The lowest BCUT2D eigenvalue weighted by Gasteiger charge is -2.46. The van der Waals surface area contributed by atoms with Gasteiger partial charge in [-0.3, -0.25) is 0 Å². The number of hydrogen-bond acceptors (Lipinski definition) is 8. The zero-order chi connectivity index (χ0) is 28.6. The molecule has 8 heteroatoms. The molecule has 42 heavy (non-hydrogen) atoms. The van der Waals surface area contributed by atoms with Crippen molar-refractivity contribution in [3.8, 4) is 0 Å². The maximum atomic E-state index is 6.56. The molecule has 0 N–H and O–H groups in total. The van der Waals surface area contributed by atoms with Crippen LogP contribution < -0.4 is 0 Å². The quantitative estimate of drug-likeness (QED) is 0.285. The van der Waals surface area contributed by atoms with E-state index >= 15 is 0 Å². The smallest absolute Gasteiger partial charge is 0.184 e. The highest BCUT2D eigenvalue weighted by Crippen LogP contribution is 2.36. The van der Waals surface area contributed by atoms with E-state index in [1.165, 1.54) is 0 Å². The molecule has 3 aromatic carbocycles. The summed E-state index contributed by atoms with van der Waals surface area (Å²) in [6, 6.07) is 30.1. The summed E-state index contributed by atoms with van der Waals surface area (Å²) in [6.45, 7) is 1.67. The summed E-state index contributed by atoms with van der Waals surface area (Å²) in [5, 5.41) is 0. The van der Waals surface area contributed by atoms with Crippen LogP contribution in [0.3, 0.4) is 0 Å². The summed E-state index contributed by atoms with van der Waals surface area (Å²) >= 11 is 0. The molecule has 0 spiro atoms. The Balaban J connectivity index is 1.13. The molecule has 8 atom stereocenters. The first-order chi connectivity index (χ1) is 20.7. The lowest BCUT2D eigenvalue weighted by molar-refractivity contribution is -0.351. The highest BCUT2D eigenvalue weighted by atomic mass is 16.8. The van der Waals surface area contributed by atoms with E-state index < -0.39 is 18.9 Å². The van der Waals surface area contributed by atoms with Crippen molar-refractivity contribution in [2.24, 2.45) is 0 Å². The van der Waals surface area contributed by atoms with E-state index in [0.717, 1.165) is 16.7 Å². The highest BCUT2D eigenvalue weighted by Gasteiger charge is 2.46. The van der Waals surface area contributed by atoms with Gasteiger partial charge in [-0.05, 0) is 17.2 Å². The monoisotopic (exact) mass is 574 g/mol. The third-order valence-corrected chi connectivity index (χ3v) is 7.63. The average Bonchev–Trinajstić information content (AvgIpc) is 3.05. The van der Waals surface area contributed by atoms with Crippen molar-refractivity contribution in [1.29, 1.82) is 0 Å². The van der Waals surface area contributed by atoms with Gasteiger partial charge in [0.1, 0.15) is 24.4 Å². The van der Waals surface area contributed by atoms with Crippen LogP contribution in [-0.4, -0.2) is 63.4 Å². The first-order valence-corrected chi connectivity index (χ1v) is 14.5. The molecule has 3 aliphatic rings. The van der Waals surface area contributed by atoms with Crippen molar-refractivity contribution >= 4 is 0 Å². The zero-order valence-electron chi connectivity index (χ0n) is 23.7. The number of benzene rings is 3. The van der Waals surface area contributed by atoms with Gasteiger partial charge >= 0.3 is 0 Å². The van der Waals surface area contributed by atoms with Crippen LogP contribution in [0, 0.1) is 0 Å². The minimum atomic E-state index is -0.616. The van der Waals surface area contributed by atoms with Crippen molar-refractivity contribution in [2.75, 3.05) is 20.3 Å². The second-order valence-corrected chi connectivity index (χ2v) is 10.6.